The van der Waals surface area contributed by atoms with Crippen LogP contribution in [0.15, 0.2) is 42.5 Å². The number of hydrogen-bond donors (Lipinski definition) is 3. The van der Waals surface area contributed by atoms with Crippen LogP contribution in [0.3, 0.4) is 0 Å². The third-order valence-electron chi connectivity index (χ3n) is 2.71. The van der Waals surface area contributed by atoms with Gasteiger partial charge in [0.05, 0.1) is 11.3 Å². The molecule has 0 saturated carbocycles. The maximum Gasteiger partial charge on any atom is 0.337 e. The van der Waals surface area contributed by atoms with Gasteiger partial charge in [-0.15, -0.1) is 0 Å². The zero-order chi connectivity index (χ0) is 13.1. The first kappa shape index (κ1) is 12.0. The van der Waals surface area contributed by atoms with Gasteiger partial charge in [-0.25, -0.2) is 4.79 Å². The molecule has 2 rings (SSSR count). The molecule has 0 atom stereocenters. The molecule has 0 aliphatic rings. The molecule has 2 aromatic rings. The van der Waals surface area contributed by atoms with Gasteiger partial charge in [-0.2, -0.15) is 0 Å². The van der Waals surface area contributed by atoms with Crippen LogP contribution < -0.4 is 5.32 Å². The molecule has 18 heavy (non-hydrogen) atoms. The van der Waals surface area contributed by atoms with Crippen LogP contribution in [-0.2, 0) is 0 Å². The van der Waals surface area contributed by atoms with Crippen LogP contribution in [0.4, 0.5) is 11.4 Å². The number of anilines is 2. The van der Waals surface area contributed by atoms with Gasteiger partial charge in [0, 0.05) is 11.3 Å². The lowest BCUT2D eigenvalue weighted by Crippen LogP contribution is -2.04. The minimum absolute atomic E-state index is 0.0680. The van der Waals surface area contributed by atoms with Crippen LogP contribution in [0.1, 0.15) is 15.9 Å². The highest BCUT2D eigenvalue weighted by Crippen LogP contribution is 2.31. The van der Waals surface area contributed by atoms with E-state index < -0.39 is 5.97 Å². The van der Waals surface area contributed by atoms with Crippen molar-refractivity contribution in [3.63, 3.8) is 0 Å². The largest absolute Gasteiger partial charge is 0.508 e. The molecule has 0 fully saturated rings. The Kier molecular flexibility index (Phi) is 3.19. The Labute approximate surface area is 105 Å². The third kappa shape index (κ3) is 2.27. The second-order valence-corrected chi connectivity index (χ2v) is 3.93. The van der Waals surface area contributed by atoms with E-state index in [2.05, 4.69) is 5.32 Å². The summed E-state index contributed by atoms with van der Waals surface area (Å²) in [6.45, 7) is 1.67. The maximum absolute atomic E-state index is 11.2. The summed E-state index contributed by atoms with van der Waals surface area (Å²) in [7, 11) is 0. The third-order valence-corrected chi connectivity index (χ3v) is 2.71. The number of phenolic OH excluding ortho intramolecular Hbond substituents is 1. The van der Waals surface area contributed by atoms with E-state index in [0.29, 0.717) is 11.3 Å². The monoisotopic (exact) mass is 243 g/mol. The quantitative estimate of drug-likeness (QED) is 0.774. The van der Waals surface area contributed by atoms with Crippen molar-refractivity contribution in [3.8, 4) is 5.75 Å². The highest BCUT2D eigenvalue weighted by Gasteiger charge is 2.14. The Bertz CT molecular complexity index is 579. The van der Waals surface area contributed by atoms with Crippen molar-refractivity contribution in [3.05, 3.63) is 53.6 Å². The van der Waals surface area contributed by atoms with E-state index in [1.807, 2.05) is 30.3 Å². The lowest BCUT2D eigenvalue weighted by molar-refractivity contribution is 0.0698. The number of carboxylic acids is 1. The summed E-state index contributed by atoms with van der Waals surface area (Å²) in [6, 6.07) is 12.0. The molecule has 4 heteroatoms. The van der Waals surface area contributed by atoms with E-state index in [4.69, 9.17) is 5.11 Å². The van der Waals surface area contributed by atoms with Crippen molar-refractivity contribution in [2.75, 3.05) is 5.32 Å². The van der Waals surface area contributed by atoms with Gasteiger partial charge in [0.25, 0.3) is 0 Å². The molecule has 0 radical (unpaired) electrons. The number of aromatic hydroxyl groups is 1. The van der Waals surface area contributed by atoms with Gasteiger partial charge in [0.2, 0.25) is 0 Å². The first-order chi connectivity index (χ1) is 8.59. The van der Waals surface area contributed by atoms with Gasteiger partial charge in [0.15, 0.2) is 0 Å². The average Bonchev–Trinajstić information content (AvgIpc) is 2.36. The van der Waals surface area contributed by atoms with Crippen molar-refractivity contribution in [2.45, 2.75) is 6.92 Å². The van der Waals surface area contributed by atoms with Crippen LogP contribution in [0.2, 0.25) is 0 Å². The molecule has 92 valence electrons. The van der Waals surface area contributed by atoms with Crippen LogP contribution in [-0.4, -0.2) is 16.2 Å². The summed E-state index contributed by atoms with van der Waals surface area (Å²) in [5, 5.41) is 21.8. The molecule has 0 aliphatic carbocycles. The summed E-state index contributed by atoms with van der Waals surface area (Å²) >= 11 is 0. The standard InChI is InChI=1S/C14H13NO3/c1-9-12(16)8-7-11(14(17)18)13(9)15-10-5-3-2-4-6-10/h2-8,15-16H,1H3,(H,17,18). The summed E-state index contributed by atoms with van der Waals surface area (Å²) in [5.41, 5.74) is 1.83. The average molecular weight is 243 g/mol. The molecule has 0 bridgehead atoms. The zero-order valence-electron chi connectivity index (χ0n) is 9.84. The van der Waals surface area contributed by atoms with E-state index in [1.165, 1.54) is 12.1 Å². The maximum atomic E-state index is 11.2. The lowest BCUT2D eigenvalue weighted by Gasteiger charge is -2.13. The molecule has 3 N–H and O–H groups in total. The predicted octanol–water partition coefficient (Wildman–Crippen LogP) is 3.14. The van der Waals surface area contributed by atoms with Gasteiger partial charge >= 0.3 is 5.97 Å². The van der Waals surface area contributed by atoms with E-state index in [-0.39, 0.29) is 11.3 Å². The van der Waals surface area contributed by atoms with E-state index in [1.54, 1.807) is 6.92 Å². The molecular formula is C14H13NO3. The molecule has 2 aromatic carbocycles. The summed E-state index contributed by atoms with van der Waals surface area (Å²) in [5.74, 6) is -0.963. The highest BCUT2D eigenvalue weighted by molar-refractivity contribution is 5.96. The number of aromatic carboxylic acids is 1. The number of phenols is 1. The van der Waals surface area contributed by atoms with Crippen molar-refractivity contribution in [1.82, 2.24) is 0 Å². The summed E-state index contributed by atoms with van der Waals surface area (Å²) in [6.07, 6.45) is 0. The SMILES string of the molecule is Cc1c(O)ccc(C(=O)O)c1Nc1ccccc1. The topological polar surface area (TPSA) is 69.6 Å². The fourth-order valence-electron chi connectivity index (χ4n) is 1.71. The summed E-state index contributed by atoms with van der Waals surface area (Å²) < 4.78 is 0. The second-order valence-electron chi connectivity index (χ2n) is 3.93. The van der Waals surface area contributed by atoms with Gasteiger partial charge in [-0.05, 0) is 31.2 Å². The minimum atomic E-state index is -1.03. The summed E-state index contributed by atoms with van der Waals surface area (Å²) in [4.78, 5) is 11.2. The predicted molar refractivity (Wildman–Crippen MR) is 69.5 cm³/mol. The Hall–Kier alpha value is -2.49. The van der Waals surface area contributed by atoms with Crippen molar-refractivity contribution in [1.29, 1.82) is 0 Å². The number of hydrogen-bond acceptors (Lipinski definition) is 3. The molecule has 0 aromatic heterocycles. The van der Waals surface area contributed by atoms with Crippen molar-refractivity contribution >= 4 is 17.3 Å². The molecular weight excluding hydrogens is 230 g/mol. The molecule has 4 nitrogen and oxygen atoms in total. The molecule has 0 unspecified atom stereocenters. The molecule has 0 spiro atoms. The lowest BCUT2D eigenvalue weighted by atomic mass is 10.1. The minimum Gasteiger partial charge on any atom is -0.508 e. The van der Waals surface area contributed by atoms with E-state index in [0.717, 1.165) is 5.69 Å². The van der Waals surface area contributed by atoms with E-state index in [9.17, 15) is 9.90 Å². The zero-order valence-corrected chi connectivity index (χ0v) is 9.84. The fourth-order valence-corrected chi connectivity index (χ4v) is 1.71. The van der Waals surface area contributed by atoms with Gasteiger partial charge in [0.1, 0.15) is 5.75 Å². The smallest absolute Gasteiger partial charge is 0.337 e. The van der Waals surface area contributed by atoms with Gasteiger partial charge in [-0.1, -0.05) is 18.2 Å². The number of nitrogens with one attached hydrogen (secondary N) is 1. The van der Waals surface area contributed by atoms with Crippen molar-refractivity contribution < 1.29 is 15.0 Å². The fraction of sp³-hybridized carbons (Fsp3) is 0.0714. The molecule has 0 aliphatic heterocycles. The number of benzene rings is 2. The molecule has 0 amide bonds. The number of rotatable bonds is 3. The Morgan fingerprint density at radius 2 is 1.78 bits per heavy atom. The first-order valence-electron chi connectivity index (χ1n) is 5.47. The van der Waals surface area contributed by atoms with E-state index >= 15 is 0 Å². The second kappa shape index (κ2) is 4.79. The Morgan fingerprint density at radius 3 is 2.39 bits per heavy atom. The van der Waals surface area contributed by atoms with Gasteiger partial charge in [-0.3, -0.25) is 0 Å². The highest BCUT2D eigenvalue weighted by atomic mass is 16.4. The van der Waals surface area contributed by atoms with Crippen LogP contribution >= 0.6 is 0 Å². The molecule has 0 heterocycles. The normalized spacial score (nSPS) is 10.1. The number of para-hydroxylation sites is 1. The van der Waals surface area contributed by atoms with Crippen LogP contribution in [0.25, 0.3) is 0 Å². The first-order valence-corrected chi connectivity index (χ1v) is 5.47. The number of carbonyl (C=O) groups is 1. The number of carboxylic acid groups (broad SMARTS) is 1. The van der Waals surface area contributed by atoms with Crippen molar-refractivity contribution in [2.24, 2.45) is 0 Å². The van der Waals surface area contributed by atoms with Crippen LogP contribution in [0.5, 0.6) is 5.75 Å². The van der Waals surface area contributed by atoms with Gasteiger partial charge < -0.3 is 15.5 Å². The molecule has 0 saturated heterocycles. The Morgan fingerprint density at radius 1 is 1.11 bits per heavy atom. The van der Waals surface area contributed by atoms with Crippen LogP contribution in [0, 0.1) is 6.92 Å². The Balaban J connectivity index is 2.48.